The third-order valence-corrected chi connectivity index (χ3v) is 2.95. The molecule has 0 spiro atoms. The molecule has 1 aliphatic carbocycles. The number of hydrogen-bond acceptors (Lipinski definition) is 2. The highest BCUT2D eigenvalue weighted by atomic mass is 16.3. The van der Waals surface area contributed by atoms with Crippen molar-refractivity contribution in [2.24, 2.45) is 5.92 Å². The van der Waals surface area contributed by atoms with E-state index in [1.165, 1.54) is 11.3 Å². The summed E-state index contributed by atoms with van der Waals surface area (Å²) in [5.41, 5.74) is 2.72. The molecule has 2 heteroatoms. The average Bonchev–Trinajstić information content (AvgIpc) is 2.19. The molecule has 0 aromatic heterocycles. The zero-order valence-corrected chi connectivity index (χ0v) is 9.45. The fourth-order valence-corrected chi connectivity index (χ4v) is 1.73. The van der Waals surface area contributed by atoms with E-state index in [0.29, 0.717) is 5.92 Å². The summed E-state index contributed by atoms with van der Waals surface area (Å²) in [6.07, 6.45) is 5.64. The number of hydrogen-bond donors (Lipinski definition) is 1. The van der Waals surface area contributed by atoms with Crippen LogP contribution in [0.1, 0.15) is 27.2 Å². The predicted octanol–water partition coefficient (Wildman–Crippen LogP) is 2.17. The molecular weight excluding hydrogens is 174 g/mol. The summed E-state index contributed by atoms with van der Waals surface area (Å²) < 4.78 is 0. The monoisotopic (exact) mass is 195 g/mol. The number of likely N-dealkylation sites (N-methyl/N-ethyl adjacent to an activating group) is 1. The van der Waals surface area contributed by atoms with Crippen LogP contribution in [-0.2, 0) is 0 Å². The van der Waals surface area contributed by atoms with Crippen molar-refractivity contribution in [2.45, 2.75) is 27.2 Å². The fourth-order valence-electron chi connectivity index (χ4n) is 1.73. The van der Waals surface area contributed by atoms with E-state index in [-0.39, 0.29) is 6.61 Å². The van der Waals surface area contributed by atoms with Gasteiger partial charge < -0.3 is 10.0 Å². The Balaban J connectivity index is 2.68. The smallest absolute Gasteiger partial charge is 0.0606 e. The molecule has 0 heterocycles. The van der Waals surface area contributed by atoms with Gasteiger partial charge in [0.15, 0.2) is 0 Å². The molecule has 1 atom stereocenters. The van der Waals surface area contributed by atoms with Crippen LogP contribution in [0.5, 0.6) is 0 Å². The highest BCUT2D eigenvalue weighted by Crippen LogP contribution is 2.24. The maximum absolute atomic E-state index is 8.93. The minimum absolute atomic E-state index is 0.230. The number of aliphatic hydroxyl groups is 1. The van der Waals surface area contributed by atoms with Crippen LogP contribution in [0.3, 0.4) is 0 Å². The second kappa shape index (κ2) is 5.20. The molecule has 1 N–H and O–H groups in total. The summed E-state index contributed by atoms with van der Waals surface area (Å²) >= 11 is 0. The molecule has 1 aliphatic rings. The maximum atomic E-state index is 8.93. The lowest BCUT2D eigenvalue weighted by atomic mass is 9.93. The van der Waals surface area contributed by atoms with E-state index in [1.54, 1.807) is 0 Å². The molecule has 0 radical (unpaired) electrons. The molecule has 0 aromatic rings. The van der Waals surface area contributed by atoms with Crippen LogP contribution in [-0.4, -0.2) is 29.7 Å². The Morgan fingerprint density at radius 1 is 1.57 bits per heavy atom. The van der Waals surface area contributed by atoms with Crippen molar-refractivity contribution in [2.75, 3.05) is 19.7 Å². The standard InChI is InChI=1S/C12H21NO/c1-4-13(7-8-14)12-6-5-10(2)11(3)9-12/h6,9-10,14H,4-5,7-8H2,1-3H3. The van der Waals surface area contributed by atoms with Gasteiger partial charge in [-0.25, -0.2) is 0 Å². The van der Waals surface area contributed by atoms with Gasteiger partial charge in [0, 0.05) is 18.8 Å². The Kier molecular flexibility index (Phi) is 4.21. The molecule has 0 aromatic carbocycles. The summed E-state index contributed by atoms with van der Waals surface area (Å²) in [6, 6.07) is 0. The van der Waals surface area contributed by atoms with Crippen molar-refractivity contribution in [1.82, 2.24) is 4.90 Å². The number of nitrogens with zero attached hydrogens (tertiary/aromatic N) is 1. The third-order valence-electron chi connectivity index (χ3n) is 2.95. The van der Waals surface area contributed by atoms with E-state index in [2.05, 4.69) is 37.8 Å². The Hall–Kier alpha value is -0.760. The number of aliphatic hydroxyl groups excluding tert-OH is 1. The third kappa shape index (κ3) is 2.61. The Labute approximate surface area is 86.9 Å². The van der Waals surface area contributed by atoms with Crippen molar-refractivity contribution in [3.05, 3.63) is 23.4 Å². The van der Waals surface area contributed by atoms with Crippen molar-refractivity contribution in [1.29, 1.82) is 0 Å². The van der Waals surface area contributed by atoms with Gasteiger partial charge in [-0.1, -0.05) is 18.6 Å². The first-order chi connectivity index (χ1) is 6.69. The van der Waals surface area contributed by atoms with Crippen molar-refractivity contribution >= 4 is 0 Å². The zero-order chi connectivity index (χ0) is 10.6. The van der Waals surface area contributed by atoms with Gasteiger partial charge in [-0.2, -0.15) is 0 Å². The zero-order valence-electron chi connectivity index (χ0n) is 9.45. The fraction of sp³-hybridized carbons (Fsp3) is 0.667. The van der Waals surface area contributed by atoms with Gasteiger partial charge in [-0.05, 0) is 32.3 Å². The molecule has 2 nitrogen and oxygen atoms in total. The van der Waals surface area contributed by atoms with Gasteiger partial charge in [0.2, 0.25) is 0 Å². The lowest BCUT2D eigenvalue weighted by Crippen LogP contribution is -2.26. The van der Waals surface area contributed by atoms with E-state index in [0.717, 1.165) is 19.5 Å². The summed E-state index contributed by atoms with van der Waals surface area (Å²) in [5.74, 6) is 0.673. The molecule has 0 bridgehead atoms. The second-order valence-corrected chi connectivity index (χ2v) is 3.96. The van der Waals surface area contributed by atoms with Gasteiger partial charge >= 0.3 is 0 Å². The summed E-state index contributed by atoms with van der Waals surface area (Å²) in [7, 11) is 0. The van der Waals surface area contributed by atoms with Crippen LogP contribution in [0.4, 0.5) is 0 Å². The van der Waals surface area contributed by atoms with E-state index >= 15 is 0 Å². The van der Waals surface area contributed by atoms with Gasteiger partial charge in [0.1, 0.15) is 0 Å². The van der Waals surface area contributed by atoms with Crippen molar-refractivity contribution in [3.63, 3.8) is 0 Å². The van der Waals surface area contributed by atoms with Gasteiger partial charge in [-0.3, -0.25) is 0 Å². The van der Waals surface area contributed by atoms with E-state index in [9.17, 15) is 0 Å². The van der Waals surface area contributed by atoms with Crippen LogP contribution < -0.4 is 0 Å². The van der Waals surface area contributed by atoms with E-state index < -0.39 is 0 Å². The van der Waals surface area contributed by atoms with Gasteiger partial charge in [0.25, 0.3) is 0 Å². The Morgan fingerprint density at radius 2 is 2.29 bits per heavy atom. The normalized spacial score (nSPS) is 21.6. The number of rotatable bonds is 4. The molecule has 1 unspecified atom stereocenters. The summed E-state index contributed by atoms with van der Waals surface area (Å²) in [6.45, 7) is 8.49. The van der Waals surface area contributed by atoms with Gasteiger partial charge in [0.05, 0.1) is 6.61 Å². The minimum Gasteiger partial charge on any atom is -0.395 e. The van der Waals surface area contributed by atoms with Crippen molar-refractivity contribution < 1.29 is 5.11 Å². The van der Waals surface area contributed by atoms with E-state index in [1.807, 2.05) is 0 Å². The van der Waals surface area contributed by atoms with Crippen LogP contribution in [0.15, 0.2) is 23.4 Å². The second-order valence-electron chi connectivity index (χ2n) is 3.96. The summed E-state index contributed by atoms with van der Waals surface area (Å²) in [4.78, 5) is 2.22. The summed E-state index contributed by atoms with van der Waals surface area (Å²) in [5, 5.41) is 8.93. The van der Waals surface area contributed by atoms with E-state index in [4.69, 9.17) is 5.11 Å². The first kappa shape index (κ1) is 11.3. The highest BCUT2D eigenvalue weighted by Gasteiger charge is 2.12. The molecular formula is C12H21NO. The molecule has 1 rings (SSSR count). The van der Waals surface area contributed by atoms with Crippen LogP contribution in [0.2, 0.25) is 0 Å². The van der Waals surface area contributed by atoms with Crippen LogP contribution in [0, 0.1) is 5.92 Å². The largest absolute Gasteiger partial charge is 0.395 e. The first-order valence-electron chi connectivity index (χ1n) is 5.43. The molecule has 0 saturated carbocycles. The Morgan fingerprint density at radius 3 is 2.79 bits per heavy atom. The molecule has 0 amide bonds. The molecule has 80 valence electrons. The quantitative estimate of drug-likeness (QED) is 0.743. The van der Waals surface area contributed by atoms with Gasteiger partial charge in [-0.15, -0.1) is 0 Å². The van der Waals surface area contributed by atoms with Crippen molar-refractivity contribution in [3.8, 4) is 0 Å². The van der Waals surface area contributed by atoms with Crippen LogP contribution in [0.25, 0.3) is 0 Å². The lowest BCUT2D eigenvalue weighted by molar-refractivity contribution is 0.233. The number of allylic oxidation sites excluding steroid dienone is 3. The average molecular weight is 195 g/mol. The molecule has 0 aliphatic heterocycles. The lowest BCUT2D eigenvalue weighted by Gasteiger charge is -2.27. The predicted molar refractivity (Wildman–Crippen MR) is 60.0 cm³/mol. The van der Waals surface area contributed by atoms with Crippen LogP contribution >= 0.6 is 0 Å². The highest BCUT2D eigenvalue weighted by molar-refractivity contribution is 5.27. The molecule has 0 saturated heterocycles. The topological polar surface area (TPSA) is 23.5 Å². The maximum Gasteiger partial charge on any atom is 0.0606 e. The first-order valence-corrected chi connectivity index (χ1v) is 5.43. The molecule has 14 heavy (non-hydrogen) atoms. The molecule has 0 fully saturated rings. The SMILES string of the molecule is CCN(CCO)C1=CCC(C)C(C)=C1. The minimum atomic E-state index is 0.230. The Bertz CT molecular complexity index is 243.